The Morgan fingerprint density at radius 2 is 2.21 bits per heavy atom. The highest BCUT2D eigenvalue weighted by atomic mass is 16.1. The Balaban J connectivity index is 1.89. The maximum atomic E-state index is 11.7. The van der Waals surface area contributed by atoms with Crippen LogP contribution < -0.4 is 16.0 Å². The van der Waals surface area contributed by atoms with Crippen LogP contribution in [0.3, 0.4) is 0 Å². The van der Waals surface area contributed by atoms with Gasteiger partial charge in [0.25, 0.3) is 0 Å². The molecular weight excluding hydrogens is 240 g/mol. The zero-order valence-electron chi connectivity index (χ0n) is 11.4. The fraction of sp³-hybridized carbons (Fsp3) is 0.571. The number of amides is 1. The second-order valence-electron chi connectivity index (χ2n) is 5.19. The molecule has 5 nitrogen and oxygen atoms in total. The van der Waals surface area contributed by atoms with Crippen molar-refractivity contribution >= 4 is 17.4 Å². The van der Waals surface area contributed by atoms with Crippen LogP contribution in [0.4, 0.5) is 11.5 Å². The van der Waals surface area contributed by atoms with Gasteiger partial charge in [0.2, 0.25) is 5.91 Å². The molecule has 0 aromatic carbocycles. The summed E-state index contributed by atoms with van der Waals surface area (Å²) in [6.07, 6.45) is 4.64. The van der Waals surface area contributed by atoms with Crippen LogP contribution in [-0.2, 0) is 4.79 Å². The molecule has 1 aliphatic rings. The second-order valence-corrected chi connectivity index (χ2v) is 5.19. The van der Waals surface area contributed by atoms with Crippen LogP contribution >= 0.6 is 0 Å². The standard InChI is InChI=1S/C14H22N4O/c1-11(9-15)8-14(19)17-12-4-5-13(16-10-12)18-6-2-3-7-18/h4-5,10-11H,2-3,6-9,15H2,1H3,(H,17,19). The lowest BCUT2D eigenvalue weighted by Crippen LogP contribution is -2.21. The Morgan fingerprint density at radius 1 is 1.47 bits per heavy atom. The molecule has 2 heterocycles. The first-order valence-electron chi connectivity index (χ1n) is 6.90. The zero-order valence-corrected chi connectivity index (χ0v) is 11.4. The molecule has 1 aromatic heterocycles. The van der Waals surface area contributed by atoms with E-state index in [1.165, 1.54) is 12.8 Å². The number of carbonyl (C=O) groups excluding carboxylic acids is 1. The lowest BCUT2D eigenvalue weighted by molar-refractivity contribution is -0.116. The number of hydrogen-bond donors (Lipinski definition) is 2. The van der Waals surface area contributed by atoms with E-state index >= 15 is 0 Å². The summed E-state index contributed by atoms with van der Waals surface area (Å²) in [5.41, 5.74) is 6.25. The van der Waals surface area contributed by atoms with Crippen LogP contribution in [0.1, 0.15) is 26.2 Å². The number of carbonyl (C=O) groups is 1. The first-order valence-corrected chi connectivity index (χ1v) is 6.90. The van der Waals surface area contributed by atoms with E-state index in [0.29, 0.717) is 13.0 Å². The fourth-order valence-electron chi connectivity index (χ4n) is 2.21. The molecule has 0 bridgehead atoms. The molecule has 3 N–H and O–H groups in total. The van der Waals surface area contributed by atoms with Gasteiger partial charge in [-0.25, -0.2) is 4.98 Å². The largest absolute Gasteiger partial charge is 0.357 e. The normalized spacial score (nSPS) is 16.4. The third-order valence-corrected chi connectivity index (χ3v) is 3.40. The molecule has 0 spiro atoms. The topological polar surface area (TPSA) is 71.2 Å². The molecule has 0 saturated carbocycles. The van der Waals surface area contributed by atoms with Crippen molar-refractivity contribution < 1.29 is 4.79 Å². The van der Waals surface area contributed by atoms with Crippen LogP contribution in [-0.4, -0.2) is 30.5 Å². The van der Waals surface area contributed by atoms with Gasteiger partial charge in [0, 0.05) is 19.5 Å². The van der Waals surface area contributed by atoms with Crippen molar-refractivity contribution in [1.29, 1.82) is 0 Å². The first kappa shape index (κ1) is 13.8. The van der Waals surface area contributed by atoms with Gasteiger partial charge in [0.1, 0.15) is 5.82 Å². The van der Waals surface area contributed by atoms with E-state index in [2.05, 4.69) is 15.2 Å². The van der Waals surface area contributed by atoms with E-state index < -0.39 is 0 Å². The number of nitrogens with one attached hydrogen (secondary N) is 1. The lowest BCUT2D eigenvalue weighted by atomic mass is 10.1. The minimum absolute atomic E-state index is 0.00586. The van der Waals surface area contributed by atoms with Gasteiger partial charge in [-0.15, -0.1) is 0 Å². The highest BCUT2D eigenvalue weighted by molar-refractivity contribution is 5.90. The van der Waals surface area contributed by atoms with Crippen molar-refractivity contribution in [3.05, 3.63) is 18.3 Å². The number of nitrogens with zero attached hydrogens (tertiary/aromatic N) is 2. The van der Waals surface area contributed by atoms with E-state index in [-0.39, 0.29) is 11.8 Å². The number of nitrogens with two attached hydrogens (primary N) is 1. The van der Waals surface area contributed by atoms with Gasteiger partial charge in [-0.05, 0) is 37.4 Å². The molecule has 2 rings (SSSR count). The molecule has 0 radical (unpaired) electrons. The predicted octanol–water partition coefficient (Wildman–Crippen LogP) is 1.61. The molecule has 1 aliphatic heterocycles. The van der Waals surface area contributed by atoms with Crippen molar-refractivity contribution in [2.45, 2.75) is 26.2 Å². The third kappa shape index (κ3) is 3.92. The monoisotopic (exact) mass is 262 g/mol. The molecule has 1 atom stereocenters. The molecule has 1 saturated heterocycles. The predicted molar refractivity (Wildman–Crippen MR) is 77.1 cm³/mol. The quantitative estimate of drug-likeness (QED) is 0.845. The Hall–Kier alpha value is -1.62. The number of hydrogen-bond acceptors (Lipinski definition) is 4. The molecule has 5 heteroatoms. The number of pyridine rings is 1. The summed E-state index contributed by atoms with van der Waals surface area (Å²) >= 11 is 0. The van der Waals surface area contributed by atoms with Crippen LogP contribution in [0.15, 0.2) is 18.3 Å². The number of rotatable bonds is 5. The van der Waals surface area contributed by atoms with Gasteiger partial charge >= 0.3 is 0 Å². The zero-order chi connectivity index (χ0) is 13.7. The Kier molecular flexibility index (Phi) is 4.74. The average molecular weight is 262 g/mol. The highest BCUT2D eigenvalue weighted by Gasteiger charge is 2.13. The summed E-state index contributed by atoms with van der Waals surface area (Å²) < 4.78 is 0. The van der Waals surface area contributed by atoms with Crippen molar-refractivity contribution in [3.63, 3.8) is 0 Å². The molecule has 1 amide bonds. The average Bonchev–Trinajstić information content (AvgIpc) is 2.93. The van der Waals surface area contributed by atoms with Crippen molar-refractivity contribution in [2.75, 3.05) is 29.9 Å². The van der Waals surface area contributed by atoms with Gasteiger partial charge in [0.15, 0.2) is 0 Å². The van der Waals surface area contributed by atoms with Gasteiger partial charge < -0.3 is 16.0 Å². The number of anilines is 2. The lowest BCUT2D eigenvalue weighted by Gasteiger charge is -2.16. The minimum Gasteiger partial charge on any atom is -0.357 e. The van der Waals surface area contributed by atoms with Crippen molar-refractivity contribution in [1.82, 2.24) is 4.98 Å². The highest BCUT2D eigenvalue weighted by Crippen LogP contribution is 2.19. The summed E-state index contributed by atoms with van der Waals surface area (Å²) in [5.74, 6) is 1.19. The molecule has 1 unspecified atom stereocenters. The molecule has 1 aromatic rings. The molecule has 104 valence electrons. The van der Waals surface area contributed by atoms with Crippen molar-refractivity contribution in [2.24, 2.45) is 11.7 Å². The second kappa shape index (κ2) is 6.52. The van der Waals surface area contributed by atoms with E-state index in [9.17, 15) is 4.79 Å². The summed E-state index contributed by atoms with van der Waals surface area (Å²) in [7, 11) is 0. The van der Waals surface area contributed by atoms with E-state index in [1.54, 1.807) is 6.20 Å². The minimum atomic E-state index is -0.00586. The summed E-state index contributed by atoms with van der Waals surface area (Å²) in [6, 6.07) is 3.87. The van der Waals surface area contributed by atoms with Crippen molar-refractivity contribution in [3.8, 4) is 0 Å². The van der Waals surface area contributed by atoms with Gasteiger partial charge in [0.05, 0.1) is 11.9 Å². The summed E-state index contributed by atoms with van der Waals surface area (Å²) in [4.78, 5) is 18.4. The third-order valence-electron chi connectivity index (χ3n) is 3.40. The smallest absolute Gasteiger partial charge is 0.224 e. The number of aromatic nitrogens is 1. The van der Waals surface area contributed by atoms with E-state index in [1.807, 2.05) is 19.1 Å². The van der Waals surface area contributed by atoms with Gasteiger partial charge in [-0.2, -0.15) is 0 Å². The molecule has 0 aliphatic carbocycles. The Labute approximate surface area is 114 Å². The Morgan fingerprint density at radius 3 is 2.79 bits per heavy atom. The maximum Gasteiger partial charge on any atom is 0.224 e. The molecule has 19 heavy (non-hydrogen) atoms. The molecular formula is C14H22N4O. The molecule has 1 fully saturated rings. The van der Waals surface area contributed by atoms with E-state index in [4.69, 9.17) is 5.73 Å². The van der Waals surface area contributed by atoms with Gasteiger partial charge in [-0.1, -0.05) is 6.92 Å². The van der Waals surface area contributed by atoms with Crippen LogP contribution in [0, 0.1) is 5.92 Å². The fourth-order valence-corrected chi connectivity index (χ4v) is 2.21. The van der Waals surface area contributed by atoms with Crippen LogP contribution in [0.25, 0.3) is 0 Å². The van der Waals surface area contributed by atoms with Gasteiger partial charge in [-0.3, -0.25) is 4.79 Å². The van der Waals surface area contributed by atoms with E-state index in [0.717, 1.165) is 24.6 Å². The first-order chi connectivity index (χ1) is 9.19. The summed E-state index contributed by atoms with van der Waals surface area (Å²) in [5, 5.41) is 2.85. The van der Waals surface area contributed by atoms with Crippen LogP contribution in [0.5, 0.6) is 0 Å². The summed E-state index contributed by atoms with van der Waals surface area (Å²) in [6.45, 7) is 4.65. The Bertz CT molecular complexity index is 412. The SMILES string of the molecule is CC(CN)CC(=O)Nc1ccc(N2CCCC2)nc1. The van der Waals surface area contributed by atoms with Crippen LogP contribution in [0.2, 0.25) is 0 Å². The maximum absolute atomic E-state index is 11.7.